The van der Waals surface area contributed by atoms with Gasteiger partial charge in [-0.2, -0.15) is 5.10 Å². The van der Waals surface area contributed by atoms with Gasteiger partial charge in [0.15, 0.2) is 11.8 Å². The topological polar surface area (TPSA) is 87.2 Å². The van der Waals surface area contributed by atoms with Crippen molar-refractivity contribution < 1.29 is 4.74 Å². The minimum absolute atomic E-state index is 0.506. The first kappa shape index (κ1) is 17.9. The molecule has 0 radical (unpaired) electrons. The molecule has 3 rings (SSSR count). The molecule has 26 heavy (non-hydrogen) atoms. The van der Waals surface area contributed by atoms with Gasteiger partial charge in [-0.15, -0.1) is 11.3 Å². The highest BCUT2D eigenvalue weighted by atomic mass is 32.1. The molecule has 0 aliphatic rings. The molecule has 0 bridgehead atoms. The number of hydrogen-bond acceptors (Lipinski definition) is 5. The fraction of sp³-hybridized carbons (Fsp3) is 0.278. The average molecular weight is 370 g/mol. The normalized spacial score (nSPS) is 11.4. The van der Waals surface area contributed by atoms with Crippen LogP contribution in [-0.2, 0) is 13.1 Å². The van der Waals surface area contributed by atoms with Crippen LogP contribution in [0.2, 0.25) is 0 Å². The zero-order chi connectivity index (χ0) is 18.4. The maximum atomic E-state index is 5.17. The standard InChI is InChI=1S/C18H22N6OS/c1-12-4-9-15(26-12)10-20-18(19-2)21-11-16-22-17(24-23-16)13-5-7-14(25-3)8-6-13/h4-9H,10-11H2,1-3H3,(H2,19,20,21)(H,22,23,24). The summed E-state index contributed by atoms with van der Waals surface area (Å²) in [6.45, 7) is 3.35. The van der Waals surface area contributed by atoms with Crippen molar-refractivity contribution in [2.45, 2.75) is 20.0 Å². The number of ether oxygens (including phenoxy) is 1. The number of guanidine groups is 1. The van der Waals surface area contributed by atoms with E-state index in [-0.39, 0.29) is 0 Å². The second kappa shape index (κ2) is 8.48. The Morgan fingerprint density at radius 1 is 1.15 bits per heavy atom. The molecule has 1 aromatic carbocycles. The van der Waals surface area contributed by atoms with E-state index in [0.29, 0.717) is 12.4 Å². The SMILES string of the molecule is CN=C(NCc1nc(-c2ccc(OC)cc2)n[nH]1)NCc1ccc(C)s1. The van der Waals surface area contributed by atoms with Gasteiger partial charge in [0.1, 0.15) is 11.6 Å². The number of aromatic nitrogens is 3. The van der Waals surface area contributed by atoms with Crippen molar-refractivity contribution >= 4 is 17.3 Å². The van der Waals surface area contributed by atoms with Crippen LogP contribution >= 0.6 is 11.3 Å². The average Bonchev–Trinajstić information content (AvgIpc) is 3.31. The highest BCUT2D eigenvalue weighted by Gasteiger charge is 2.07. The smallest absolute Gasteiger partial charge is 0.191 e. The first-order valence-electron chi connectivity index (χ1n) is 8.23. The molecular formula is C18H22N6OS. The van der Waals surface area contributed by atoms with Crippen molar-refractivity contribution in [1.29, 1.82) is 0 Å². The summed E-state index contributed by atoms with van der Waals surface area (Å²) in [6.07, 6.45) is 0. The number of benzene rings is 1. The number of aromatic amines is 1. The highest BCUT2D eigenvalue weighted by molar-refractivity contribution is 7.11. The number of aryl methyl sites for hydroxylation is 1. The van der Waals surface area contributed by atoms with Crippen molar-refractivity contribution in [3.63, 3.8) is 0 Å². The van der Waals surface area contributed by atoms with E-state index >= 15 is 0 Å². The molecule has 8 heteroatoms. The number of hydrogen-bond donors (Lipinski definition) is 3. The maximum absolute atomic E-state index is 5.17. The number of nitrogens with one attached hydrogen (secondary N) is 3. The first-order chi connectivity index (χ1) is 12.7. The minimum Gasteiger partial charge on any atom is -0.497 e. The van der Waals surface area contributed by atoms with Crippen LogP contribution < -0.4 is 15.4 Å². The number of H-pyrrole nitrogens is 1. The summed E-state index contributed by atoms with van der Waals surface area (Å²) >= 11 is 1.78. The molecule has 0 aliphatic heterocycles. The lowest BCUT2D eigenvalue weighted by atomic mass is 10.2. The second-order valence-corrected chi connectivity index (χ2v) is 7.00. The Morgan fingerprint density at radius 2 is 1.92 bits per heavy atom. The Bertz CT molecular complexity index is 868. The fourth-order valence-corrected chi connectivity index (χ4v) is 3.21. The molecule has 2 heterocycles. The van der Waals surface area contributed by atoms with Gasteiger partial charge < -0.3 is 15.4 Å². The highest BCUT2D eigenvalue weighted by Crippen LogP contribution is 2.19. The molecule has 0 amide bonds. The van der Waals surface area contributed by atoms with Crippen molar-refractivity contribution in [2.75, 3.05) is 14.2 Å². The molecule has 2 aromatic heterocycles. The van der Waals surface area contributed by atoms with Crippen molar-refractivity contribution in [1.82, 2.24) is 25.8 Å². The van der Waals surface area contributed by atoms with Crippen LogP contribution in [0, 0.1) is 6.92 Å². The molecular weight excluding hydrogens is 348 g/mol. The van der Waals surface area contributed by atoms with E-state index in [0.717, 1.165) is 29.6 Å². The zero-order valence-corrected chi connectivity index (χ0v) is 15.9. The summed E-state index contributed by atoms with van der Waals surface area (Å²) in [4.78, 5) is 11.3. The lowest BCUT2D eigenvalue weighted by Gasteiger charge is -2.09. The summed E-state index contributed by atoms with van der Waals surface area (Å²) in [5, 5.41) is 13.7. The predicted molar refractivity (Wildman–Crippen MR) is 104 cm³/mol. The van der Waals surface area contributed by atoms with Crippen LogP contribution in [0.5, 0.6) is 5.75 Å². The predicted octanol–water partition coefficient (Wildman–Crippen LogP) is 2.72. The molecule has 0 saturated heterocycles. The van der Waals surface area contributed by atoms with Crippen LogP contribution in [0.1, 0.15) is 15.6 Å². The van der Waals surface area contributed by atoms with E-state index in [1.54, 1.807) is 25.5 Å². The van der Waals surface area contributed by atoms with Crippen LogP contribution in [0.3, 0.4) is 0 Å². The van der Waals surface area contributed by atoms with Crippen molar-refractivity contribution in [3.05, 3.63) is 52.0 Å². The van der Waals surface area contributed by atoms with Crippen LogP contribution in [-0.4, -0.2) is 35.3 Å². The van der Waals surface area contributed by atoms with Gasteiger partial charge in [-0.1, -0.05) is 0 Å². The molecule has 3 aromatic rings. The van der Waals surface area contributed by atoms with Crippen LogP contribution in [0.15, 0.2) is 41.4 Å². The van der Waals surface area contributed by atoms with Gasteiger partial charge >= 0.3 is 0 Å². The van der Waals surface area contributed by atoms with Crippen molar-refractivity contribution in [2.24, 2.45) is 4.99 Å². The number of thiophene rings is 1. The Hall–Kier alpha value is -2.87. The third-order valence-corrected chi connectivity index (χ3v) is 4.75. The van der Waals surface area contributed by atoms with E-state index in [1.807, 2.05) is 24.3 Å². The molecule has 136 valence electrons. The lowest BCUT2D eigenvalue weighted by Crippen LogP contribution is -2.36. The Morgan fingerprint density at radius 3 is 2.58 bits per heavy atom. The van der Waals surface area contributed by atoms with Gasteiger partial charge in [0.2, 0.25) is 0 Å². The maximum Gasteiger partial charge on any atom is 0.191 e. The Balaban J connectivity index is 1.54. The molecule has 0 aliphatic carbocycles. The minimum atomic E-state index is 0.506. The van der Waals surface area contributed by atoms with Gasteiger partial charge in [-0.3, -0.25) is 10.1 Å². The first-order valence-corrected chi connectivity index (χ1v) is 9.05. The monoisotopic (exact) mass is 370 g/mol. The molecule has 0 saturated carbocycles. The Labute approximate surface area is 156 Å². The van der Waals surface area contributed by atoms with E-state index in [1.165, 1.54) is 9.75 Å². The quantitative estimate of drug-likeness (QED) is 0.459. The summed E-state index contributed by atoms with van der Waals surface area (Å²) in [5.41, 5.74) is 0.934. The molecule has 3 N–H and O–H groups in total. The zero-order valence-electron chi connectivity index (χ0n) is 15.0. The molecule has 0 spiro atoms. The van der Waals surface area contributed by atoms with Gasteiger partial charge in [0.05, 0.1) is 20.2 Å². The van der Waals surface area contributed by atoms with Gasteiger partial charge in [0.25, 0.3) is 0 Å². The molecule has 0 fully saturated rings. The largest absolute Gasteiger partial charge is 0.497 e. The molecule has 0 unspecified atom stereocenters. The third-order valence-electron chi connectivity index (χ3n) is 3.75. The molecule has 0 atom stereocenters. The number of aliphatic imine (C=N–C) groups is 1. The Kier molecular flexibility index (Phi) is 5.85. The van der Waals surface area contributed by atoms with Gasteiger partial charge in [-0.05, 0) is 43.3 Å². The van der Waals surface area contributed by atoms with Crippen molar-refractivity contribution in [3.8, 4) is 17.1 Å². The summed E-state index contributed by atoms with van der Waals surface area (Å²) in [7, 11) is 3.39. The second-order valence-electron chi connectivity index (χ2n) is 5.63. The van der Waals surface area contributed by atoms with E-state index in [2.05, 4.69) is 49.9 Å². The fourth-order valence-electron chi connectivity index (χ4n) is 2.38. The van der Waals surface area contributed by atoms with Crippen LogP contribution in [0.25, 0.3) is 11.4 Å². The summed E-state index contributed by atoms with van der Waals surface area (Å²) in [5.74, 6) is 2.92. The molecule has 7 nitrogen and oxygen atoms in total. The third kappa shape index (κ3) is 4.60. The number of nitrogens with zero attached hydrogens (tertiary/aromatic N) is 3. The van der Waals surface area contributed by atoms with Crippen LogP contribution in [0.4, 0.5) is 0 Å². The van der Waals surface area contributed by atoms with E-state index in [4.69, 9.17) is 4.74 Å². The number of methoxy groups -OCH3 is 1. The summed E-state index contributed by atoms with van der Waals surface area (Å²) < 4.78 is 5.17. The number of rotatable bonds is 6. The van der Waals surface area contributed by atoms with Gasteiger partial charge in [-0.25, -0.2) is 4.98 Å². The van der Waals surface area contributed by atoms with E-state index in [9.17, 15) is 0 Å². The summed E-state index contributed by atoms with van der Waals surface area (Å²) in [6, 6.07) is 11.9. The lowest BCUT2D eigenvalue weighted by molar-refractivity contribution is 0.415. The van der Waals surface area contributed by atoms with Gasteiger partial charge in [0, 0.05) is 22.4 Å². The van der Waals surface area contributed by atoms with E-state index < -0.39 is 0 Å².